The van der Waals surface area contributed by atoms with Gasteiger partial charge in [-0.25, -0.2) is 15.0 Å². The molecule has 2 aromatic rings. The topological polar surface area (TPSA) is 102 Å². The Hall–Kier alpha value is -2.20. The molecule has 27 heavy (non-hydrogen) atoms. The third kappa shape index (κ3) is 3.63. The van der Waals surface area contributed by atoms with Gasteiger partial charge in [0.2, 0.25) is 5.82 Å². The number of nitrogens with one attached hydrogen (secondary N) is 1. The van der Waals surface area contributed by atoms with Crippen LogP contribution in [0.5, 0.6) is 0 Å². The molecule has 7 nitrogen and oxygen atoms in total. The maximum Gasteiger partial charge on any atom is 0.450 e. The third-order valence-corrected chi connectivity index (χ3v) is 4.85. The summed E-state index contributed by atoms with van der Waals surface area (Å²) in [6.45, 7) is 1.01. The summed E-state index contributed by atoms with van der Waals surface area (Å²) in [5.41, 5.74) is 4.47. The molecule has 148 valence electrons. The molecule has 3 heterocycles. The first-order valence-corrected chi connectivity index (χ1v) is 8.51. The number of hydrogen-bond acceptors (Lipinski definition) is 6. The Bertz CT molecular complexity index is 825. The lowest BCUT2D eigenvalue weighted by Gasteiger charge is -2.30. The van der Waals surface area contributed by atoms with E-state index in [1.807, 2.05) is 0 Å². The minimum atomic E-state index is -4.71. The summed E-state index contributed by atoms with van der Waals surface area (Å²) >= 11 is 0. The maximum atomic E-state index is 13.6. The fraction of sp³-hybridized carbons (Fsp3) is 0.588. The summed E-state index contributed by atoms with van der Waals surface area (Å²) in [4.78, 5) is 12.1. The van der Waals surface area contributed by atoms with Gasteiger partial charge in [-0.15, -0.1) is 0 Å². The highest BCUT2D eigenvalue weighted by atomic mass is 19.4. The zero-order valence-corrected chi connectivity index (χ0v) is 13.9. The van der Waals surface area contributed by atoms with E-state index in [9.17, 15) is 18.3 Å². The first-order valence-electron chi connectivity index (χ1n) is 8.51. The fourth-order valence-electron chi connectivity index (χ4n) is 3.19. The van der Waals surface area contributed by atoms with Crippen LogP contribution < -0.4 is 11.1 Å². The van der Waals surface area contributed by atoms with Crippen molar-refractivity contribution < 1.29 is 18.3 Å². The first kappa shape index (κ1) is 19.6. The molecule has 0 spiro atoms. The standard InChI is InChI=1S/C16H19F3N6O.CH4/c17-16(18,19)14-23-11(15(26)3-5-21-6-4-15)8-25(14)13-10(20)7-22-12(24-13)9-1-2-9;/h7-9,21,26H,1-6,20H2;1H4. The van der Waals surface area contributed by atoms with Crippen LogP contribution >= 0.6 is 0 Å². The molecule has 2 fully saturated rings. The molecule has 4 rings (SSSR count). The number of rotatable bonds is 3. The molecule has 0 bridgehead atoms. The number of alkyl halides is 3. The smallest absolute Gasteiger partial charge is 0.394 e. The molecule has 1 aliphatic carbocycles. The van der Waals surface area contributed by atoms with Gasteiger partial charge < -0.3 is 16.2 Å². The molecule has 0 aromatic carbocycles. The zero-order chi connectivity index (χ0) is 18.5. The summed E-state index contributed by atoms with van der Waals surface area (Å²) < 4.78 is 41.6. The normalized spacial score (nSPS) is 19.6. The van der Waals surface area contributed by atoms with Crippen LogP contribution in [-0.4, -0.2) is 37.7 Å². The second kappa shape index (κ2) is 6.75. The van der Waals surface area contributed by atoms with Gasteiger partial charge in [-0.05, 0) is 38.8 Å². The van der Waals surface area contributed by atoms with E-state index in [0.29, 0.717) is 18.9 Å². The van der Waals surface area contributed by atoms with Crippen LogP contribution in [-0.2, 0) is 11.8 Å². The quantitative estimate of drug-likeness (QED) is 0.751. The number of hydrogen-bond donors (Lipinski definition) is 3. The summed E-state index contributed by atoms with van der Waals surface area (Å²) in [5.74, 6) is -0.546. The van der Waals surface area contributed by atoms with Gasteiger partial charge in [-0.1, -0.05) is 7.43 Å². The van der Waals surface area contributed by atoms with Crippen molar-refractivity contribution in [1.82, 2.24) is 24.8 Å². The van der Waals surface area contributed by atoms with Gasteiger partial charge in [0, 0.05) is 12.1 Å². The Morgan fingerprint density at radius 2 is 1.89 bits per heavy atom. The molecule has 0 unspecified atom stereocenters. The Kier molecular flexibility index (Phi) is 4.89. The van der Waals surface area contributed by atoms with Gasteiger partial charge in [0.1, 0.15) is 11.4 Å². The van der Waals surface area contributed by atoms with Gasteiger partial charge in [0.25, 0.3) is 0 Å². The van der Waals surface area contributed by atoms with Crippen LogP contribution in [0.2, 0.25) is 0 Å². The molecule has 1 aliphatic heterocycles. The van der Waals surface area contributed by atoms with Crippen molar-refractivity contribution >= 4 is 5.69 Å². The van der Waals surface area contributed by atoms with Crippen molar-refractivity contribution in [2.45, 2.75) is 50.8 Å². The van der Waals surface area contributed by atoms with E-state index in [2.05, 4.69) is 20.3 Å². The van der Waals surface area contributed by atoms with Gasteiger partial charge in [-0.3, -0.25) is 4.57 Å². The van der Waals surface area contributed by atoms with Crippen molar-refractivity contribution in [3.8, 4) is 5.82 Å². The van der Waals surface area contributed by atoms with E-state index in [4.69, 9.17) is 5.73 Å². The zero-order valence-electron chi connectivity index (χ0n) is 13.9. The molecular formula is C17H23F3N6O. The molecule has 4 N–H and O–H groups in total. The highest BCUT2D eigenvalue weighted by molar-refractivity contribution is 5.52. The van der Waals surface area contributed by atoms with Crippen LogP contribution in [0.1, 0.15) is 56.4 Å². The Morgan fingerprint density at radius 1 is 1.22 bits per heavy atom. The summed E-state index contributed by atoms with van der Waals surface area (Å²) in [6, 6.07) is 0. The fourth-order valence-corrected chi connectivity index (χ4v) is 3.19. The van der Waals surface area contributed by atoms with E-state index in [1.54, 1.807) is 0 Å². The lowest BCUT2D eigenvalue weighted by atomic mass is 9.90. The number of imidazole rings is 1. The second-order valence-corrected chi connectivity index (χ2v) is 6.88. The number of piperidine rings is 1. The van der Waals surface area contributed by atoms with E-state index in [0.717, 1.165) is 17.4 Å². The number of aromatic nitrogens is 4. The van der Waals surface area contributed by atoms with Crippen LogP contribution in [0.3, 0.4) is 0 Å². The van der Waals surface area contributed by atoms with Crippen molar-refractivity contribution in [3.05, 3.63) is 29.7 Å². The van der Waals surface area contributed by atoms with E-state index < -0.39 is 17.6 Å². The lowest BCUT2D eigenvalue weighted by molar-refractivity contribution is -0.146. The number of nitrogen functional groups attached to an aromatic ring is 1. The largest absolute Gasteiger partial charge is 0.450 e. The SMILES string of the molecule is C.Nc1cnc(C2CC2)nc1-n1cc(C2(O)CCNCC2)nc1C(F)(F)F. The van der Waals surface area contributed by atoms with E-state index in [-0.39, 0.29) is 43.4 Å². The molecule has 10 heteroatoms. The van der Waals surface area contributed by atoms with Gasteiger partial charge in [0.05, 0.1) is 17.6 Å². The van der Waals surface area contributed by atoms with Crippen LogP contribution in [0.4, 0.5) is 18.9 Å². The number of anilines is 1. The number of nitrogens with two attached hydrogens (primary N) is 1. The summed E-state index contributed by atoms with van der Waals surface area (Å²) in [7, 11) is 0. The molecule has 0 radical (unpaired) electrons. The average molecular weight is 384 g/mol. The van der Waals surface area contributed by atoms with E-state index >= 15 is 0 Å². The van der Waals surface area contributed by atoms with Crippen molar-refractivity contribution in [1.29, 1.82) is 0 Å². The minimum absolute atomic E-state index is 0. The van der Waals surface area contributed by atoms with Crippen molar-refractivity contribution in [2.75, 3.05) is 18.8 Å². The first-order chi connectivity index (χ1) is 12.3. The molecule has 0 atom stereocenters. The predicted octanol–water partition coefficient (Wildman–Crippen LogP) is 2.35. The predicted molar refractivity (Wildman–Crippen MR) is 93.3 cm³/mol. The van der Waals surface area contributed by atoms with Gasteiger partial charge in [0.15, 0.2) is 5.82 Å². The summed E-state index contributed by atoms with van der Waals surface area (Å²) in [5, 5.41) is 13.8. The monoisotopic (exact) mass is 384 g/mol. The summed E-state index contributed by atoms with van der Waals surface area (Å²) in [6.07, 6.45) is 0.216. The van der Waals surface area contributed by atoms with Gasteiger partial charge in [-0.2, -0.15) is 13.2 Å². The number of nitrogens with zero attached hydrogens (tertiary/aromatic N) is 4. The molecule has 1 saturated heterocycles. The Balaban J connectivity index is 0.00000210. The van der Waals surface area contributed by atoms with E-state index in [1.165, 1.54) is 12.4 Å². The average Bonchev–Trinajstić information content (AvgIpc) is 3.32. The Labute approximate surface area is 154 Å². The van der Waals surface area contributed by atoms with Crippen LogP contribution in [0.25, 0.3) is 5.82 Å². The molecule has 1 saturated carbocycles. The second-order valence-electron chi connectivity index (χ2n) is 6.88. The molecular weight excluding hydrogens is 361 g/mol. The third-order valence-electron chi connectivity index (χ3n) is 4.85. The van der Waals surface area contributed by atoms with Crippen molar-refractivity contribution in [2.24, 2.45) is 0 Å². The van der Waals surface area contributed by atoms with Crippen LogP contribution in [0.15, 0.2) is 12.4 Å². The molecule has 2 aromatic heterocycles. The number of aliphatic hydroxyl groups is 1. The highest BCUT2D eigenvalue weighted by Gasteiger charge is 2.42. The van der Waals surface area contributed by atoms with Gasteiger partial charge >= 0.3 is 6.18 Å². The van der Waals surface area contributed by atoms with Crippen LogP contribution in [0, 0.1) is 0 Å². The Morgan fingerprint density at radius 3 is 2.48 bits per heavy atom. The molecule has 0 amide bonds. The molecule has 2 aliphatic rings. The highest BCUT2D eigenvalue weighted by Crippen LogP contribution is 2.40. The van der Waals surface area contributed by atoms with Crippen molar-refractivity contribution in [3.63, 3.8) is 0 Å². The minimum Gasteiger partial charge on any atom is -0.394 e. The lowest BCUT2D eigenvalue weighted by Crippen LogP contribution is -2.40. The number of halogens is 3. The maximum absolute atomic E-state index is 13.6.